The van der Waals surface area contributed by atoms with Gasteiger partial charge in [0.2, 0.25) is 0 Å². The molecular formula is C110H72N2OS. The number of para-hydroxylation sites is 1. The summed E-state index contributed by atoms with van der Waals surface area (Å²) in [4.78, 5) is 4.91. The van der Waals surface area contributed by atoms with Crippen molar-refractivity contribution in [3.05, 3.63) is 481 Å². The predicted octanol–water partition coefficient (Wildman–Crippen LogP) is 30.0. The van der Waals surface area contributed by atoms with Crippen molar-refractivity contribution < 1.29 is 4.42 Å². The molecule has 20 aromatic rings. The summed E-state index contributed by atoms with van der Waals surface area (Å²) in [6.45, 7) is 0. The summed E-state index contributed by atoms with van der Waals surface area (Å²) in [5.41, 5.74) is 33.1. The highest BCUT2D eigenvalue weighted by atomic mass is 32.1. The lowest BCUT2D eigenvalue weighted by molar-refractivity contribution is 0.669. The van der Waals surface area contributed by atoms with Crippen molar-refractivity contribution in [2.45, 2.75) is 10.8 Å². The van der Waals surface area contributed by atoms with Gasteiger partial charge in [-0.15, -0.1) is 11.3 Å². The molecule has 0 radical (unpaired) electrons. The van der Waals surface area contributed by atoms with Crippen LogP contribution in [0.1, 0.15) is 44.5 Å². The minimum atomic E-state index is -0.719. The number of nitrogens with zero attached hydrogens (tertiary/aromatic N) is 2. The minimum absolute atomic E-state index is 0.590. The Bertz CT molecular complexity index is 7070. The molecule has 0 bridgehead atoms. The smallest absolute Gasteiger partial charge is 0.135 e. The highest BCUT2D eigenvalue weighted by Gasteiger charge is 2.48. The first-order valence-corrected chi connectivity index (χ1v) is 40.1. The maximum Gasteiger partial charge on any atom is 0.135 e. The van der Waals surface area contributed by atoms with Gasteiger partial charge < -0.3 is 14.2 Å². The second-order valence-electron chi connectivity index (χ2n) is 30.2. The lowest BCUT2D eigenvalue weighted by Crippen LogP contribution is -2.29. The van der Waals surface area contributed by atoms with Gasteiger partial charge in [0.25, 0.3) is 0 Å². The Balaban J connectivity index is 0.665. The summed E-state index contributed by atoms with van der Waals surface area (Å²) in [7, 11) is 0. The third-order valence-electron chi connectivity index (χ3n) is 24.0. The third-order valence-corrected chi connectivity index (χ3v) is 25.2. The van der Waals surface area contributed by atoms with Crippen molar-refractivity contribution in [1.82, 2.24) is 0 Å². The van der Waals surface area contributed by atoms with Gasteiger partial charge in [0.15, 0.2) is 0 Å². The normalized spacial score (nSPS) is 13.7. The van der Waals surface area contributed by atoms with E-state index < -0.39 is 10.8 Å². The fourth-order valence-corrected chi connectivity index (χ4v) is 19.9. The summed E-state index contributed by atoms with van der Waals surface area (Å²) in [5, 5.41) is 4.82. The zero-order chi connectivity index (χ0) is 75.3. The van der Waals surface area contributed by atoms with Crippen LogP contribution in [0.3, 0.4) is 0 Å². The maximum atomic E-state index is 6.31. The Kier molecular flexibility index (Phi) is 15.9. The summed E-state index contributed by atoms with van der Waals surface area (Å²) >= 11 is 1.86. The highest BCUT2D eigenvalue weighted by molar-refractivity contribution is 7.25. The number of furan rings is 1. The number of rotatable bonds is 15. The quantitative estimate of drug-likeness (QED) is 0.102. The molecule has 0 N–H and O–H groups in total. The molecule has 2 aromatic heterocycles. The van der Waals surface area contributed by atoms with Crippen LogP contribution in [0, 0.1) is 0 Å². The molecule has 1 atom stereocenters. The Hall–Kier alpha value is -14.4. The second-order valence-corrected chi connectivity index (χ2v) is 31.2. The Morgan fingerprint density at radius 2 is 0.535 bits per heavy atom. The van der Waals surface area contributed by atoms with Crippen LogP contribution in [-0.4, -0.2) is 0 Å². The van der Waals surface area contributed by atoms with Crippen molar-refractivity contribution in [3.63, 3.8) is 0 Å². The summed E-state index contributed by atoms with van der Waals surface area (Å²) < 4.78 is 8.92. The molecule has 2 aliphatic carbocycles. The molecule has 0 fully saturated rings. The van der Waals surface area contributed by atoms with Crippen LogP contribution in [0.5, 0.6) is 0 Å². The molecule has 2 aliphatic rings. The predicted molar refractivity (Wildman–Crippen MR) is 478 cm³/mol. The van der Waals surface area contributed by atoms with Gasteiger partial charge >= 0.3 is 0 Å². The van der Waals surface area contributed by atoms with Gasteiger partial charge in [-0.1, -0.05) is 315 Å². The van der Waals surface area contributed by atoms with Crippen molar-refractivity contribution in [2.24, 2.45) is 0 Å². The van der Waals surface area contributed by atoms with Crippen LogP contribution >= 0.6 is 11.3 Å². The van der Waals surface area contributed by atoms with Crippen molar-refractivity contribution in [1.29, 1.82) is 0 Å². The number of fused-ring (bicyclic) bond motifs is 12. The number of hydrogen-bond acceptors (Lipinski definition) is 4. The number of hydrogen-bond donors (Lipinski definition) is 0. The number of benzene rings is 18. The molecule has 4 heteroatoms. The summed E-state index contributed by atoms with van der Waals surface area (Å²) in [5.74, 6) is 0. The molecule has 534 valence electrons. The van der Waals surface area contributed by atoms with E-state index in [2.05, 4.69) is 434 Å². The zero-order valence-electron chi connectivity index (χ0n) is 62.3. The van der Waals surface area contributed by atoms with Gasteiger partial charge in [0.05, 0.1) is 10.8 Å². The SMILES string of the molecule is c1ccc(-c2cccc(N(c3ccc(-c4ccc5sc6ccccc6c5c4)cc3)c3ccc4c(c3)C(c3ccccc3)(c3cccc(-c5cccc(-c6cccc(N(c7ccc(-c8ccc9oc%10ccccc%10c9c8)cc7)c7ccc8c(c7)C(c7ccccc7)(c7ccccc7)c7ccccc7-8)c6)c5)c3)c3ccccc3-4)c2)cc1. The van der Waals surface area contributed by atoms with Crippen molar-refractivity contribution in [3.8, 4) is 77.9 Å². The Morgan fingerprint density at radius 1 is 0.184 bits per heavy atom. The van der Waals surface area contributed by atoms with E-state index in [-0.39, 0.29) is 0 Å². The van der Waals surface area contributed by atoms with E-state index in [0.717, 1.165) is 95.0 Å². The molecule has 114 heavy (non-hydrogen) atoms. The van der Waals surface area contributed by atoms with Crippen LogP contribution < -0.4 is 9.80 Å². The molecule has 2 heterocycles. The Labute approximate surface area is 667 Å². The molecule has 0 amide bonds. The van der Waals surface area contributed by atoms with Gasteiger partial charge in [-0.2, -0.15) is 0 Å². The van der Waals surface area contributed by atoms with E-state index in [9.17, 15) is 0 Å². The molecule has 0 aliphatic heterocycles. The van der Waals surface area contributed by atoms with E-state index in [1.54, 1.807) is 0 Å². The average molecular weight is 1470 g/mol. The van der Waals surface area contributed by atoms with Crippen LogP contribution in [0.25, 0.3) is 120 Å². The van der Waals surface area contributed by atoms with Crippen LogP contribution in [0.15, 0.2) is 441 Å². The summed E-state index contributed by atoms with van der Waals surface area (Å²) in [6, 6.07) is 162. The van der Waals surface area contributed by atoms with Gasteiger partial charge in [-0.25, -0.2) is 0 Å². The monoisotopic (exact) mass is 1470 g/mol. The highest BCUT2D eigenvalue weighted by Crippen LogP contribution is 2.60. The molecular weight excluding hydrogens is 1400 g/mol. The zero-order valence-corrected chi connectivity index (χ0v) is 63.1. The Morgan fingerprint density at radius 3 is 1.11 bits per heavy atom. The van der Waals surface area contributed by atoms with E-state index in [1.807, 2.05) is 23.5 Å². The number of thiophene rings is 1. The van der Waals surface area contributed by atoms with E-state index in [4.69, 9.17) is 4.42 Å². The molecule has 0 saturated carbocycles. The first kappa shape index (κ1) is 66.6. The van der Waals surface area contributed by atoms with Crippen LogP contribution in [0.4, 0.5) is 34.1 Å². The fraction of sp³-hybridized carbons (Fsp3) is 0.0182. The van der Waals surface area contributed by atoms with Gasteiger partial charge in [-0.3, -0.25) is 0 Å². The van der Waals surface area contributed by atoms with E-state index in [1.165, 1.54) is 104 Å². The first-order valence-electron chi connectivity index (χ1n) is 39.2. The van der Waals surface area contributed by atoms with Crippen LogP contribution in [-0.2, 0) is 10.8 Å². The largest absolute Gasteiger partial charge is 0.456 e. The van der Waals surface area contributed by atoms with Crippen molar-refractivity contribution in [2.75, 3.05) is 9.80 Å². The minimum Gasteiger partial charge on any atom is -0.456 e. The van der Waals surface area contributed by atoms with E-state index >= 15 is 0 Å². The average Bonchev–Trinajstić information content (AvgIpc) is 1.49. The molecule has 0 saturated heterocycles. The van der Waals surface area contributed by atoms with Crippen LogP contribution in [0.2, 0.25) is 0 Å². The number of anilines is 6. The maximum absolute atomic E-state index is 6.31. The molecule has 0 spiro atoms. The first-order chi connectivity index (χ1) is 56.5. The van der Waals surface area contributed by atoms with Gasteiger partial charge in [0.1, 0.15) is 11.2 Å². The van der Waals surface area contributed by atoms with Gasteiger partial charge in [0, 0.05) is 65.1 Å². The van der Waals surface area contributed by atoms with Gasteiger partial charge in [-0.05, 0) is 244 Å². The van der Waals surface area contributed by atoms with Crippen molar-refractivity contribution >= 4 is 87.6 Å². The van der Waals surface area contributed by atoms with E-state index in [0.29, 0.717) is 0 Å². The fourth-order valence-electron chi connectivity index (χ4n) is 18.9. The summed E-state index contributed by atoms with van der Waals surface area (Å²) in [6.07, 6.45) is 0. The standard InChI is InChI=1S/C110H72N2OS/c1-5-25-73(26-6-1)79-30-23-39-89(67-79)111(87-57-51-75(52-58-87)82-54-64-108-100(70-82)98-44-16-20-48-107(98)114-108)92-60-62-96-94-42-14-18-46-102(94)110(104(96)72-92,85-36-11-4-12-37-85)86-38-22-29-78(66-86)76-27-21-28-77(65-76)80-31-24-40-90(68-80)112(88-55-49-74(50-56-88)81-53-63-106-99(69-81)97-43-15-19-47-105(97)113-106)91-59-61-95-93-41-13-17-45-101(93)109(103(95)71-91,83-32-7-2-8-33-83)84-34-9-3-10-35-84/h1-72H. The lowest BCUT2D eigenvalue weighted by atomic mass is 9.67. The lowest BCUT2D eigenvalue weighted by Gasteiger charge is -2.35. The molecule has 1 unspecified atom stereocenters. The molecule has 18 aromatic carbocycles. The molecule has 3 nitrogen and oxygen atoms in total. The molecule has 22 rings (SSSR count). The topological polar surface area (TPSA) is 19.6 Å². The second kappa shape index (κ2) is 27.3. The third kappa shape index (κ3) is 10.9.